The molecule has 1 nitrogen and oxygen atoms in total. The van der Waals surface area contributed by atoms with Crippen LogP contribution in [0.5, 0.6) is 5.75 Å². The summed E-state index contributed by atoms with van der Waals surface area (Å²) in [6, 6.07) is 11.5. The second-order valence-electron chi connectivity index (χ2n) is 7.51. The molecular weight excluding hydrogens is 280 g/mol. The lowest BCUT2D eigenvalue weighted by molar-refractivity contribution is 0.121. The van der Waals surface area contributed by atoms with Gasteiger partial charge in [-0.05, 0) is 68.9 Å². The van der Waals surface area contributed by atoms with Gasteiger partial charge in [0, 0.05) is 5.56 Å². The monoisotopic (exact) mass is 308 g/mol. The van der Waals surface area contributed by atoms with Gasteiger partial charge >= 0.3 is 0 Å². The van der Waals surface area contributed by atoms with Crippen LogP contribution < -0.4 is 4.74 Å². The molecule has 23 heavy (non-hydrogen) atoms. The van der Waals surface area contributed by atoms with Gasteiger partial charge < -0.3 is 4.74 Å². The van der Waals surface area contributed by atoms with Crippen LogP contribution in [0, 0.1) is 20.8 Å². The summed E-state index contributed by atoms with van der Waals surface area (Å²) < 4.78 is 6.43. The predicted octanol–water partition coefficient (Wildman–Crippen LogP) is 5.87. The van der Waals surface area contributed by atoms with E-state index in [0.29, 0.717) is 5.92 Å². The lowest BCUT2D eigenvalue weighted by Crippen LogP contribution is -2.31. The molecule has 1 aliphatic heterocycles. The van der Waals surface area contributed by atoms with Crippen molar-refractivity contribution in [3.05, 3.63) is 63.7 Å². The SMILES string of the molecule is CCCc1ccc(C2c3c(C)cc(C)c(C)c3OC2(C)C)cc1. The van der Waals surface area contributed by atoms with Crippen LogP contribution in [-0.2, 0) is 6.42 Å². The van der Waals surface area contributed by atoms with Crippen LogP contribution in [0.15, 0.2) is 30.3 Å². The van der Waals surface area contributed by atoms with Crippen molar-refractivity contribution < 1.29 is 4.74 Å². The molecule has 0 N–H and O–H groups in total. The zero-order valence-electron chi connectivity index (χ0n) is 15.3. The van der Waals surface area contributed by atoms with E-state index in [1.807, 2.05) is 0 Å². The standard InChI is InChI=1S/C22H28O/c1-7-8-17-9-11-18(12-10-17)20-19-15(3)13-14(2)16(4)21(19)23-22(20,5)6/h9-13,20H,7-8H2,1-6H3. The van der Waals surface area contributed by atoms with Gasteiger partial charge in [0.05, 0.1) is 5.92 Å². The van der Waals surface area contributed by atoms with E-state index in [1.165, 1.54) is 39.8 Å². The first-order valence-corrected chi connectivity index (χ1v) is 8.73. The van der Waals surface area contributed by atoms with Gasteiger partial charge in [-0.2, -0.15) is 0 Å². The summed E-state index contributed by atoms with van der Waals surface area (Å²) >= 11 is 0. The van der Waals surface area contributed by atoms with Gasteiger partial charge in [-0.15, -0.1) is 0 Å². The maximum atomic E-state index is 6.43. The Hall–Kier alpha value is -1.76. The minimum Gasteiger partial charge on any atom is -0.486 e. The van der Waals surface area contributed by atoms with Crippen LogP contribution in [0.25, 0.3) is 0 Å². The quantitative estimate of drug-likeness (QED) is 0.689. The van der Waals surface area contributed by atoms with Crippen LogP contribution in [0.1, 0.15) is 66.5 Å². The molecule has 0 bridgehead atoms. The number of aryl methyl sites for hydroxylation is 3. The molecule has 2 aromatic carbocycles. The van der Waals surface area contributed by atoms with Crippen LogP contribution in [0.4, 0.5) is 0 Å². The Morgan fingerprint density at radius 3 is 2.26 bits per heavy atom. The molecular formula is C22H28O. The van der Waals surface area contributed by atoms with Crippen LogP contribution in [-0.4, -0.2) is 5.60 Å². The second kappa shape index (κ2) is 5.70. The molecule has 3 rings (SSSR count). The predicted molar refractivity (Wildman–Crippen MR) is 97.6 cm³/mol. The maximum Gasteiger partial charge on any atom is 0.127 e. The van der Waals surface area contributed by atoms with Crippen molar-refractivity contribution in [2.24, 2.45) is 0 Å². The molecule has 0 amide bonds. The van der Waals surface area contributed by atoms with E-state index >= 15 is 0 Å². The first-order chi connectivity index (χ1) is 10.8. The van der Waals surface area contributed by atoms with Gasteiger partial charge in [0.2, 0.25) is 0 Å². The molecule has 1 heterocycles. The molecule has 2 aromatic rings. The van der Waals surface area contributed by atoms with Gasteiger partial charge in [0.1, 0.15) is 11.4 Å². The third-order valence-electron chi connectivity index (χ3n) is 5.24. The van der Waals surface area contributed by atoms with Crippen molar-refractivity contribution in [2.75, 3.05) is 0 Å². The van der Waals surface area contributed by atoms with Crippen molar-refractivity contribution in [1.82, 2.24) is 0 Å². The Morgan fingerprint density at radius 1 is 1.00 bits per heavy atom. The smallest absolute Gasteiger partial charge is 0.127 e. The average Bonchev–Trinajstić information content (AvgIpc) is 2.78. The van der Waals surface area contributed by atoms with Crippen molar-refractivity contribution in [1.29, 1.82) is 0 Å². The summed E-state index contributed by atoms with van der Waals surface area (Å²) in [6.45, 7) is 13.2. The molecule has 1 aliphatic rings. The first kappa shape index (κ1) is 16.1. The Labute approximate surface area is 140 Å². The van der Waals surface area contributed by atoms with E-state index in [2.05, 4.69) is 71.9 Å². The molecule has 1 unspecified atom stereocenters. The Morgan fingerprint density at radius 2 is 1.65 bits per heavy atom. The lowest BCUT2D eigenvalue weighted by Gasteiger charge is -2.27. The highest BCUT2D eigenvalue weighted by Crippen LogP contribution is 2.51. The molecule has 1 atom stereocenters. The first-order valence-electron chi connectivity index (χ1n) is 8.73. The molecule has 1 heteroatoms. The molecule has 0 aromatic heterocycles. The van der Waals surface area contributed by atoms with E-state index in [4.69, 9.17) is 4.74 Å². The second-order valence-corrected chi connectivity index (χ2v) is 7.51. The van der Waals surface area contributed by atoms with E-state index in [0.717, 1.165) is 12.2 Å². The zero-order valence-corrected chi connectivity index (χ0v) is 15.3. The molecule has 0 aliphatic carbocycles. The highest BCUT2D eigenvalue weighted by Gasteiger charge is 2.43. The minimum atomic E-state index is -0.210. The number of rotatable bonds is 3. The number of hydrogen-bond donors (Lipinski definition) is 0. The molecule has 0 fully saturated rings. The van der Waals surface area contributed by atoms with Gasteiger partial charge in [-0.3, -0.25) is 0 Å². The Bertz CT molecular complexity index is 723. The van der Waals surface area contributed by atoms with E-state index in [9.17, 15) is 0 Å². The number of fused-ring (bicyclic) bond motifs is 1. The summed E-state index contributed by atoms with van der Waals surface area (Å²) in [5.74, 6) is 1.41. The summed E-state index contributed by atoms with van der Waals surface area (Å²) in [5, 5.41) is 0. The lowest BCUT2D eigenvalue weighted by atomic mass is 9.78. The number of hydrogen-bond acceptors (Lipinski definition) is 1. The molecule has 0 saturated heterocycles. The number of ether oxygens (including phenoxy) is 1. The highest BCUT2D eigenvalue weighted by atomic mass is 16.5. The Kier molecular flexibility index (Phi) is 4.00. The largest absolute Gasteiger partial charge is 0.486 e. The van der Waals surface area contributed by atoms with Crippen LogP contribution >= 0.6 is 0 Å². The third kappa shape index (κ3) is 2.67. The van der Waals surface area contributed by atoms with Crippen LogP contribution in [0.3, 0.4) is 0 Å². The van der Waals surface area contributed by atoms with Gasteiger partial charge in [-0.1, -0.05) is 43.7 Å². The zero-order chi connectivity index (χ0) is 16.8. The van der Waals surface area contributed by atoms with E-state index in [1.54, 1.807) is 0 Å². The van der Waals surface area contributed by atoms with Crippen molar-refractivity contribution >= 4 is 0 Å². The average molecular weight is 308 g/mol. The topological polar surface area (TPSA) is 9.23 Å². The fourth-order valence-corrected chi connectivity index (χ4v) is 3.96. The van der Waals surface area contributed by atoms with Gasteiger partial charge in [0.15, 0.2) is 0 Å². The molecule has 122 valence electrons. The fourth-order valence-electron chi connectivity index (χ4n) is 3.96. The molecule has 0 spiro atoms. The summed E-state index contributed by atoms with van der Waals surface area (Å²) in [5.41, 5.74) is 7.89. The highest BCUT2D eigenvalue weighted by molar-refractivity contribution is 5.58. The molecule has 0 radical (unpaired) electrons. The van der Waals surface area contributed by atoms with E-state index < -0.39 is 0 Å². The van der Waals surface area contributed by atoms with Crippen molar-refractivity contribution in [3.8, 4) is 5.75 Å². The normalized spacial score (nSPS) is 18.6. The molecule has 0 saturated carbocycles. The van der Waals surface area contributed by atoms with E-state index in [-0.39, 0.29) is 5.60 Å². The summed E-state index contributed by atoms with van der Waals surface area (Å²) in [7, 11) is 0. The van der Waals surface area contributed by atoms with Crippen LogP contribution in [0.2, 0.25) is 0 Å². The van der Waals surface area contributed by atoms with Crippen molar-refractivity contribution in [2.45, 2.75) is 65.9 Å². The van der Waals surface area contributed by atoms with Gasteiger partial charge in [-0.25, -0.2) is 0 Å². The maximum absolute atomic E-state index is 6.43. The minimum absolute atomic E-state index is 0.210. The third-order valence-corrected chi connectivity index (χ3v) is 5.24. The van der Waals surface area contributed by atoms with Gasteiger partial charge in [0.25, 0.3) is 0 Å². The number of benzene rings is 2. The Balaban J connectivity index is 2.11. The summed E-state index contributed by atoms with van der Waals surface area (Å²) in [4.78, 5) is 0. The fraction of sp³-hybridized carbons (Fsp3) is 0.455. The van der Waals surface area contributed by atoms with Crippen molar-refractivity contribution in [3.63, 3.8) is 0 Å². The summed E-state index contributed by atoms with van der Waals surface area (Å²) in [6.07, 6.45) is 2.34.